The third kappa shape index (κ3) is 3.51. The van der Waals surface area contributed by atoms with Gasteiger partial charge in [-0.1, -0.05) is 12.1 Å². The van der Waals surface area contributed by atoms with E-state index in [1.165, 1.54) is 13.2 Å². The molecule has 0 radical (unpaired) electrons. The number of aromatic nitrogens is 2. The minimum Gasteiger partial charge on any atom is -0.504 e. The Kier molecular flexibility index (Phi) is 4.42. The van der Waals surface area contributed by atoms with Crippen molar-refractivity contribution in [3.8, 4) is 11.5 Å². The number of phenols is 1. The molecule has 2 rings (SSSR count). The second-order valence-corrected chi connectivity index (χ2v) is 4.93. The Bertz CT molecular complexity index is 672. The maximum Gasteiger partial charge on any atom is 0.189 e. The van der Waals surface area contributed by atoms with E-state index in [-0.39, 0.29) is 17.6 Å². The number of carbonyl (C=O) groups excluding carboxylic acids is 1. The number of benzene rings is 1. The van der Waals surface area contributed by atoms with Gasteiger partial charge in [0, 0.05) is 12.2 Å². The fraction of sp³-hybridized carbons (Fsp3) is 0.250. The van der Waals surface area contributed by atoms with Crippen molar-refractivity contribution in [2.75, 3.05) is 7.11 Å². The first-order valence-electron chi connectivity index (χ1n) is 6.65. The molecular formula is C16H18N2O3. The van der Waals surface area contributed by atoms with Crippen LogP contribution in [-0.4, -0.2) is 27.8 Å². The van der Waals surface area contributed by atoms with Gasteiger partial charge in [0.15, 0.2) is 17.3 Å². The van der Waals surface area contributed by atoms with Crippen LogP contribution >= 0.6 is 0 Å². The number of ketones is 1. The lowest BCUT2D eigenvalue weighted by Crippen LogP contribution is -2.00. The number of methoxy groups -OCH3 is 1. The highest BCUT2D eigenvalue weighted by Crippen LogP contribution is 2.26. The molecule has 0 atom stereocenters. The number of phenolic OH excluding ortho intramolecular Hbond substituents is 1. The van der Waals surface area contributed by atoms with Gasteiger partial charge in [0.2, 0.25) is 0 Å². The summed E-state index contributed by atoms with van der Waals surface area (Å²) in [5.41, 5.74) is 1.26. The molecule has 0 fully saturated rings. The highest BCUT2D eigenvalue weighted by atomic mass is 16.5. The van der Waals surface area contributed by atoms with E-state index in [0.717, 1.165) is 5.56 Å². The molecule has 110 valence electrons. The van der Waals surface area contributed by atoms with Crippen LogP contribution in [0.2, 0.25) is 0 Å². The van der Waals surface area contributed by atoms with Crippen molar-refractivity contribution < 1.29 is 14.6 Å². The third-order valence-electron chi connectivity index (χ3n) is 3.05. The summed E-state index contributed by atoms with van der Waals surface area (Å²) < 4.78 is 6.70. The largest absolute Gasteiger partial charge is 0.504 e. The second-order valence-electron chi connectivity index (χ2n) is 4.93. The first-order chi connectivity index (χ1) is 10.0. The molecule has 0 aliphatic heterocycles. The van der Waals surface area contributed by atoms with Crippen molar-refractivity contribution in [1.29, 1.82) is 0 Å². The SMILES string of the molecule is COc1ccc(/C=C/C(=O)c2cnn(C(C)C)c2)cc1O. The standard InChI is InChI=1S/C16H18N2O3/c1-11(2)18-10-13(9-17-18)14(19)6-4-12-5-7-16(21-3)15(20)8-12/h4-11,20H,1-3H3/b6-4+. The Morgan fingerprint density at radius 3 is 2.76 bits per heavy atom. The molecule has 0 saturated carbocycles. The van der Waals surface area contributed by atoms with E-state index in [1.807, 2.05) is 13.8 Å². The van der Waals surface area contributed by atoms with Crippen molar-refractivity contribution in [2.24, 2.45) is 0 Å². The molecular weight excluding hydrogens is 268 g/mol. The van der Waals surface area contributed by atoms with Crippen LogP contribution in [0.3, 0.4) is 0 Å². The molecule has 0 bridgehead atoms. The van der Waals surface area contributed by atoms with Gasteiger partial charge in [-0.2, -0.15) is 5.10 Å². The summed E-state index contributed by atoms with van der Waals surface area (Å²) >= 11 is 0. The van der Waals surface area contributed by atoms with Crippen LogP contribution in [0.1, 0.15) is 35.8 Å². The van der Waals surface area contributed by atoms with Gasteiger partial charge < -0.3 is 9.84 Å². The molecule has 0 spiro atoms. The average molecular weight is 286 g/mol. The quantitative estimate of drug-likeness (QED) is 0.677. The molecule has 1 heterocycles. The zero-order valence-electron chi connectivity index (χ0n) is 12.3. The summed E-state index contributed by atoms with van der Waals surface area (Å²) in [6, 6.07) is 5.17. The van der Waals surface area contributed by atoms with E-state index in [0.29, 0.717) is 11.3 Å². The summed E-state index contributed by atoms with van der Waals surface area (Å²) in [5, 5.41) is 13.8. The molecule has 0 unspecified atom stereocenters. The lowest BCUT2D eigenvalue weighted by atomic mass is 10.1. The van der Waals surface area contributed by atoms with Crippen molar-refractivity contribution in [2.45, 2.75) is 19.9 Å². The van der Waals surface area contributed by atoms with Crippen molar-refractivity contribution in [3.63, 3.8) is 0 Å². The number of hydrogen-bond donors (Lipinski definition) is 1. The van der Waals surface area contributed by atoms with Gasteiger partial charge >= 0.3 is 0 Å². The number of hydrogen-bond acceptors (Lipinski definition) is 4. The number of rotatable bonds is 5. The molecule has 0 amide bonds. The van der Waals surface area contributed by atoms with E-state index in [2.05, 4.69) is 5.10 Å². The molecule has 5 heteroatoms. The van der Waals surface area contributed by atoms with Crippen LogP contribution in [-0.2, 0) is 0 Å². The molecule has 0 saturated heterocycles. The Hall–Kier alpha value is -2.56. The van der Waals surface area contributed by atoms with Gasteiger partial charge in [0.05, 0.1) is 18.9 Å². The number of aromatic hydroxyl groups is 1. The van der Waals surface area contributed by atoms with Crippen LogP contribution in [0, 0.1) is 0 Å². The molecule has 5 nitrogen and oxygen atoms in total. The fourth-order valence-electron chi connectivity index (χ4n) is 1.83. The van der Waals surface area contributed by atoms with Gasteiger partial charge in [0.25, 0.3) is 0 Å². The number of nitrogens with zero attached hydrogens (tertiary/aromatic N) is 2. The van der Waals surface area contributed by atoms with Crippen LogP contribution in [0.4, 0.5) is 0 Å². The third-order valence-corrected chi connectivity index (χ3v) is 3.05. The molecule has 1 N–H and O–H groups in total. The van der Waals surface area contributed by atoms with Crippen molar-refractivity contribution in [3.05, 3.63) is 47.8 Å². The van der Waals surface area contributed by atoms with E-state index in [9.17, 15) is 9.90 Å². The molecule has 1 aromatic heterocycles. The molecule has 21 heavy (non-hydrogen) atoms. The number of carbonyl (C=O) groups is 1. The van der Waals surface area contributed by atoms with E-state index in [1.54, 1.807) is 41.4 Å². The lowest BCUT2D eigenvalue weighted by Gasteiger charge is -2.03. The van der Waals surface area contributed by atoms with Crippen LogP contribution in [0.25, 0.3) is 6.08 Å². The van der Waals surface area contributed by atoms with Gasteiger partial charge in [-0.3, -0.25) is 9.48 Å². The van der Waals surface area contributed by atoms with Crippen LogP contribution in [0.5, 0.6) is 11.5 Å². The first-order valence-corrected chi connectivity index (χ1v) is 6.65. The Morgan fingerprint density at radius 2 is 2.19 bits per heavy atom. The topological polar surface area (TPSA) is 64.3 Å². The smallest absolute Gasteiger partial charge is 0.189 e. The first kappa shape index (κ1) is 14.8. The van der Waals surface area contributed by atoms with E-state index >= 15 is 0 Å². The van der Waals surface area contributed by atoms with Gasteiger partial charge in [-0.25, -0.2) is 0 Å². The maximum atomic E-state index is 12.0. The second kappa shape index (κ2) is 6.26. The lowest BCUT2D eigenvalue weighted by molar-refractivity contribution is 0.104. The summed E-state index contributed by atoms with van der Waals surface area (Å²) in [6.07, 6.45) is 6.39. The molecule has 1 aromatic carbocycles. The Labute approximate surface area is 123 Å². The Morgan fingerprint density at radius 1 is 1.43 bits per heavy atom. The minimum absolute atomic E-state index is 0.0414. The monoisotopic (exact) mass is 286 g/mol. The van der Waals surface area contributed by atoms with E-state index in [4.69, 9.17) is 4.74 Å². The van der Waals surface area contributed by atoms with Crippen molar-refractivity contribution in [1.82, 2.24) is 9.78 Å². The number of allylic oxidation sites excluding steroid dienone is 1. The molecule has 0 aliphatic carbocycles. The summed E-state index contributed by atoms with van der Waals surface area (Å²) in [5.74, 6) is 0.314. The Balaban J connectivity index is 2.12. The van der Waals surface area contributed by atoms with Gasteiger partial charge in [-0.05, 0) is 37.6 Å². The highest BCUT2D eigenvalue weighted by molar-refractivity contribution is 6.06. The summed E-state index contributed by atoms with van der Waals surface area (Å²) in [4.78, 5) is 12.0. The predicted molar refractivity (Wildman–Crippen MR) is 80.6 cm³/mol. The summed E-state index contributed by atoms with van der Waals surface area (Å²) in [6.45, 7) is 3.99. The van der Waals surface area contributed by atoms with Crippen LogP contribution in [0.15, 0.2) is 36.7 Å². The van der Waals surface area contributed by atoms with Crippen LogP contribution < -0.4 is 4.74 Å². The predicted octanol–water partition coefficient (Wildman–Crippen LogP) is 3.07. The highest BCUT2D eigenvalue weighted by Gasteiger charge is 2.07. The normalized spacial score (nSPS) is 11.2. The minimum atomic E-state index is -0.128. The van der Waals surface area contributed by atoms with Crippen molar-refractivity contribution >= 4 is 11.9 Å². The zero-order valence-corrected chi connectivity index (χ0v) is 12.3. The maximum absolute atomic E-state index is 12.0. The molecule has 0 aliphatic rings. The number of ether oxygens (including phenoxy) is 1. The fourth-order valence-corrected chi connectivity index (χ4v) is 1.83. The molecule has 2 aromatic rings. The summed E-state index contributed by atoms with van der Waals surface area (Å²) in [7, 11) is 1.49. The zero-order chi connectivity index (χ0) is 15.4. The average Bonchev–Trinajstić information content (AvgIpc) is 2.95. The van der Waals surface area contributed by atoms with Gasteiger partial charge in [-0.15, -0.1) is 0 Å². The van der Waals surface area contributed by atoms with E-state index < -0.39 is 0 Å². The van der Waals surface area contributed by atoms with Gasteiger partial charge in [0.1, 0.15) is 0 Å².